The number of aromatic nitrogens is 4. The Morgan fingerprint density at radius 1 is 1.31 bits per heavy atom. The van der Waals surface area contributed by atoms with Crippen molar-refractivity contribution in [3.63, 3.8) is 0 Å². The van der Waals surface area contributed by atoms with Crippen molar-refractivity contribution in [2.75, 3.05) is 0 Å². The molecule has 0 atom stereocenters. The Morgan fingerprint density at radius 3 is 2.77 bits per heavy atom. The number of hydrogen-bond acceptors (Lipinski definition) is 5. The smallest absolute Gasteiger partial charge is 0.170 e. The molecular weight excluding hydrogens is 215 g/mol. The first-order valence-electron chi connectivity index (χ1n) is 3.22. The third kappa shape index (κ3) is 1.63. The molecule has 7 heteroatoms. The van der Waals surface area contributed by atoms with E-state index in [1.165, 1.54) is 16.8 Å². The summed E-state index contributed by atoms with van der Waals surface area (Å²) in [7, 11) is 0. The minimum atomic E-state index is -0.545. The Morgan fingerprint density at radius 2 is 2.15 bits per heavy atom. The van der Waals surface area contributed by atoms with E-state index < -0.39 is 5.82 Å². The Balaban J connectivity index is 2.53. The minimum absolute atomic E-state index is 0.0192. The maximum absolute atomic E-state index is 13.2. The number of rotatable bonds is 1. The van der Waals surface area contributed by atoms with Gasteiger partial charge in [0.05, 0.1) is 0 Å². The highest BCUT2D eigenvalue weighted by atomic mass is 35.5. The summed E-state index contributed by atoms with van der Waals surface area (Å²) in [5.74, 6) is -0.545. The molecule has 0 amide bonds. The molecule has 0 aromatic carbocycles. The quantitative estimate of drug-likeness (QED) is 0.729. The van der Waals surface area contributed by atoms with Crippen LogP contribution in [0.2, 0.25) is 5.15 Å². The van der Waals surface area contributed by atoms with Crippen LogP contribution < -0.4 is 0 Å². The van der Waals surface area contributed by atoms with Crippen LogP contribution in [-0.4, -0.2) is 20.4 Å². The molecule has 0 aliphatic carbocycles. The van der Waals surface area contributed by atoms with Crippen molar-refractivity contribution in [2.45, 2.75) is 0 Å². The summed E-state index contributed by atoms with van der Waals surface area (Å²) in [5, 5.41) is 14.7. The summed E-state index contributed by atoms with van der Waals surface area (Å²) in [6, 6.07) is 1.09. The maximum Gasteiger partial charge on any atom is 0.170 e. The summed E-state index contributed by atoms with van der Waals surface area (Å²) < 4.78 is 13.2. The van der Waals surface area contributed by atoms with E-state index in [2.05, 4.69) is 20.4 Å². The van der Waals surface area contributed by atoms with Crippen molar-refractivity contribution in [3.8, 4) is 10.7 Å². The summed E-state index contributed by atoms with van der Waals surface area (Å²) in [6.07, 6.45) is 0. The first-order chi connectivity index (χ1) is 6.27. The van der Waals surface area contributed by atoms with Crippen LogP contribution >= 0.6 is 22.9 Å². The normalized spacial score (nSPS) is 10.3. The summed E-state index contributed by atoms with van der Waals surface area (Å²) in [4.78, 5) is 0. The molecule has 0 N–H and O–H groups in total. The van der Waals surface area contributed by atoms with Crippen LogP contribution in [0.15, 0.2) is 11.6 Å². The highest BCUT2D eigenvalue weighted by molar-refractivity contribution is 7.12. The molecule has 0 unspecified atom stereocenters. The third-order valence-electron chi connectivity index (χ3n) is 1.28. The molecule has 0 aliphatic heterocycles. The lowest BCUT2D eigenvalue weighted by Gasteiger charge is -1.94. The molecule has 0 fully saturated rings. The topological polar surface area (TPSA) is 51.6 Å². The molecule has 4 nitrogen and oxygen atoms in total. The average Bonchev–Trinajstić information content (AvgIpc) is 2.56. The van der Waals surface area contributed by atoms with Crippen LogP contribution in [0, 0.1) is 5.82 Å². The second-order valence-corrected chi connectivity index (χ2v) is 3.33. The lowest BCUT2D eigenvalue weighted by molar-refractivity contribution is 0.619. The molecule has 2 aromatic rings. The largest absolute Gasteiger partial charge is 0.204 e. The molecule has 13 heavy (non-hydrogen) atoms. The Bertz CT molecular complexity index is 419. The SMILES string of the molecule is Fc1cc(Cl)nnc1-c1nncs1. The van der Waals surface area contributed by atoms with Crippen LogP contribution in [0.5, 0.6) is 0 Å². The molecule has 2 heterocycles. The number of nitrogens with zero attached hydrogens (tertiary/aromatic N) is 4. The molecule has 66 valence electrons. The van der Waals surface area contributed by atoms with Crippen molar-refractivity contribution in [3.05, 3.63) is 22.5 Å². The molecule has 2 aromatic heterocycles. The van der Waals surface area contributed by atoms with E-state index in [-0.39, 0.29) is 10.8 Å². The van der Waals surface area contributed by atoms with Gasteiger partial charge in [0.2, 0.25) is 0 Å². The van der Waals surface area contributed by atoms with Crippen molar-refractivity contribution < 1.29 is 4.39 Å². The van der Waals surface area contributed by atoms with Gasteiger partial charge in [-0.2, -0.15) is 0 Å². The van der Waals surface area contributed by atoms with Gasteiger partial charge in [0.25, 0.3) is 0 Å². The fourth-order valence-corrected chi connectivity index (χ4v) is 1.44. The minimum Gasteiger partial charge on any atom is -0.204 e. The average molecular weight is 217 g/mol. The second kappa shape index (κ2) is 3.31. The fraction of sp³-hybridized carbons (Fsp3) is 0. The van der Waals surface area contributed by atoms with Crippen LogP contribution in [0.3, 0.4) is 0 Å². The van der Waals surface area contributed by atoms with Gasteiger partial charge in [-0.1, -0.05) is 22.9 Å². The van der Waals surface area contributed by atoms with Gasteiger partial charge < -0.3 is 0 Å². The van der Waals surface area contributed by atoms with E-state index in [1.807, 2.05) is 0 Å². The standard InChI is InChI=1S/C6H2ClFN4S/c7-4-1-3(8)5(11-10-4)6-12-9-2-13-6/h1-2H. The molecule has 0 saturated carbocycles. The molecule has 0 radical (unpaired) electrons. The molecule has 0 spiro atoms. The zero-order valence-corrected chi connectivity index (χ0v) is 7.68. The predicted molar refractivity (Wildman–Crippen MR) is 45.9 cm³/mol. The monoisotopic (exact) mass is 216 g/mol. The first-order valence-corrected chi connectivity index (χ1v) is 4.48. The van der Waals surface area contributed by atoms with Gasteiger partial charge in [-0.05, 0) is 0 Å². The van der Waals surface area contributed by atoms with Crippen molar-refractivity contribution in [1.29, 1.82) is 0 Å². The van der Waals surface area contributed by atoms with Crippen LogP contribution in [0.25, 0.3) is 10.7 Å². The third-order valence-corrected chi connectivity index (χ3v) is 2.16. The second-order valence-electron chi connectivity index (χ2n) is 2.11. The van der Waals surface area contributed by atoms with Crippen molar-refractivity contribution >= 4 is 22.9 Å². The lowest BCUT2D eigenvalue weighted by atomic mass is 10.4. The zero-order valence-electron chi connectivity index (χ0n) is 6.11. The summed E-state index contributed by atoms with van der Waals surface area (Å²) in [6.45, 7) is 0. The van der Waals surface area contributed by atoms with Crippen LogP contribution in [0.1, 0.15) is 0 Å². The van der Waals surface area contributed by atoms with E-state index in [9.17, 15) is 4.39 Å². The Kier molecular flexibility index (Phi) is 2.15. The van der Waals surface area contributed by atoms with Crippen LogP contribution in [-0.2, 0) is 0 Å². The van der Waals surface area contributed by atoms with E-state index in [0.717, 1.165) is 6.07 Å². The van der Waals surface area contributed by atoms with E-state index in [0.29, 0.717) is 5.01 Å². The Labute approximate surface area is 81.4 Å². The van der Waals surface area contributed by atoms with Gasteiger partial charge in [-0.3, -0.25) is 0 Å². The van der Waals surface area contributed by atoms with Crippen molar-refractivity contribution in [2.24, 2.45) is 0 Å². The van der Waals surface area contributed by atoms with Gasteiger partial charge in [-0.25, -0.2) is 4.39 Å². The Hall–Kier alpha value is -1.14. The van der Waals surface area contributed by atoms with Crippen molar-refractivity contribution in [1.82, 2.24) is 20.4 Å². The molecular formula is C6H2ClFN4S. The fourth-order valence-electron chi connectivity index (χ4n) is 0.769. The zero-order chi connectivity index (χ0) is 9.26. The first kappa shape index (κ1) is 8.46. The maximum atomic E-state index is 13.2. The molecule has 2 rings (SSSR count). The molecule has 0 aliphatic rings. The number of hydrogen-bond donors (Lipinski definition) is 0. The summed E-state index contributed by atoms with van der Waals surface area (Å²) in [5.41, 5.74) is 1.57. The van der Waals surface area contributed by atoms with E-state index in [1.54, 1.807) is 0 Å². The highest BCUT2D eigenvalue weighted by Crippen LogP contribution is 2.21. The van der Waals surface area contributed by atoms with Gasteiger partial charge >= 0.3 is 0 Å². The molecule has 0 saturated heterocycles. The lowest BCUT2D eigenvalue weighted by Crippen LogP contribution is -1.92. The molecule has 0 bridgehead atoms. The van der Waals surface area contributed by atoms with E-state index in [4.69, 9.17) is 11.6 Å². The predicted octanol–water partition coefficient (Wildman–Crippen LogP) is 1.79. The van der Waals surface area contributed by atoms with Gasteiger partial charge in [0.15, 0.2) is 21.7 Å². The summed E-state index contributed by atoms with van der Waals surface area (Å²) >= 11 is 6.62. The number of halogens is 2. The van der Waals surface area contributed by atoms with E-state index >= 15 is 0 Å². The highest BCUT2D eigenvalue weighted by Gasteiger charge is 2.11. The van der Waals surface area contributed by atoms with Gasteiger partial charge in [-0.15, -0.1) is 20.4 Å². The van der Waals surface area contributed by atoms with Gasteiger partial charge in [0, 0.05) is 6.07 Å². The van der Waals surface area contributed by atoms with Gasteiger partial charge in [0.1, 0.15) is 5.51 Å². The van der Waals surface area contributed by atoms with Crippen LogP contribution in [0.4, 0.5) is 4.39 Å².